The highest BCUT2D eigenvalue weighted by molar-refractivity contribution is 8.00. The molecule has 0 saturated carbocycles. The number of methoxy groups -OCH3 is 2. The van der Waals surface area contributed by atoms with Gasteiger partial charge >= 0.3 is 0 Å². The molecule has 110 valence electrons. The Morgan fingerprint density at radius 2 is 1.67 bits per heavy atom. The summed E-state index contributed by atoms with van der Waals surface area (Å²) in [5, 5.41) is 0.362. The van der Waals surface area contributed by atoms with E-state index < -0.39 is 0 Å². The molecule has 2 aromatic carbocycles. The highest BCUT2D eigenvalue weighted by Crippen LogP contribution is 2.41. The van der Waals surface area contributed by atoms with Gasteiger partial charge in [0.1, 0.15) is 11.5 Å². The third-order valence-electron chi connectivity index (χ3n) is 3.88. The molecule has 0 radical (unpaired) electrons. The van der Waals surface area contributed by atoms with Crippen LogP contribution in [-0.2, 0) is 6.42 Å². The van der Waals surface area contributed by atoms with Gasteiger partial charge in [0.25, 0.3) is 0 Å². The number of fused-ring (bicyclic) bond motifs is 1. The molecule has 1 aliphatic rings. The average Bonchev–Trinajstić information content (AvgIpc) is 2.84. The number of thioether (sulfide) groups is 1. The summed E-state index contributed by atoms with van der Waals surface area (Å²) in [5.41, 5.74) is 8.95. The maximum Gasteiger partial charge on any atom is 0.119 e. The topological polar surface area (TPSA) is 44.5 Å². The minimum absolute atomic E-state index is 0.0437. The number of hydrogen-bond donors (Lipinski definition) is 1. The van der Waals surface area contributed by atoms with Crippen LogP contribution in [0.1, 0.15) is 17.2 Å². The molecule has 3 nitrogen and oxygen atoms in total. The van der Waals surface area contributed by atoms with E-state index in [1.165, 1.54) is 16.0 Å². The lowest BCUT2D eigenvalue weighted by atomic mass is 10.1. The molecule has 0 heterocycles. The van der Waals surface area contributed by atoms with Crippen LogP contribution in [0.25, 0.3) is 0 Å². The van der Waals surface area contributed by atoms with E-state index in [0.29, 0.717) is 5.25 Å². The highest BCUT2D eigenvalue weighted by Gasteiger charge is 2.30. The Bertz CT molecular complexity index is 627. The van der Waals surface area contributed by atoms with Crippen LogP contribution in [0.15, 0.2) is 47.4 Å². The number of hydrogen-bond acceptors (Lipinski definition) is 4. The SMILES string of the molecule is COc1ccc(SC2Cc3ccc(OC)cc3C2N)cc1. The molecule has 0 bridgehead atoms. The van der Waals surface area contributed by atoms with Crippen molar-refractivity contribution in [2.45, 2.75) is 22.6 Å². The molecule has 0 spiro atoms. The quantitative estimate of drug-likeness (QED) is 0.940. The summed E-state index contributed by atoms with van der Waals surface area (Å²) in [4.78, 5) is 1.22. The zero-order chi connectivity index (χ0) is 14.8. The van der Waals surface area contributed by atoms with Gasteiger partial charge < -0.3 is 15.2 Å². The van der Waals surface area contributed by atoms with Gasteiger partial charge in [0.05, 0.1) is 14.2 Å². The van der Waals surface area contributed by atoms with Crippen molar-refractivity contribution in [3.8, 4) is 11.5 Å². The Hall–Kier alpha value is -1.65. The molecule has 0 amide bonds. The van der Waals surface area contributed by atoms with Crippen LogP contribution < -0.4 is 15.2 Å². The molecule has 2 unspecified atom stereocenters. The Kier molecular flexibility index (Phi) is 4.08. The van der Waals surface area contributed by atoms with Crippen molar-refractivity contribution in [3.05, 3.63) is 53.6 Å². The predicted molar refractivity (Wildman–Crippen MR) is 86.3 cm³/mol. The van der Waals surface area contributed by atoms with Gasteiger partial charge in [-0.05, 0) is 53.9 Å². The monoisotopic (exact) mass is 301 g/mol. The minimum Gasteiger partial charge on any atom is -0.497 e. The highest BCUT2D eigenvalue weighted by atomic mass is 32.2. The normalized spacial score (nSPS) is 20.1. The number of nitrogens with two attached hydrogens (primary N) is 1. The summed E-state index contributed by atoms with van der Waals surface area (Å²) in [5.74, 6) is 1.75. The van der Waals surface area contributed by atoms with E-state index in [9.17, 15) is 0 Å². The summed E-state index contributed by atoms with van der Waals surface area (Å²) >= 11 is 1.83. The van der Waals surface area contributed by atoms with Gasteiger partial charge in [0.2, 0.25) is 0 Å². The molecule has 1 aliphatic carbocycles. The molecule has 4 heteroatoms. The van der Waals surface area contributed by atoms with Crippen LogP contribution in [0, 0.1) is 0 Å². The fraction of sp³-hybridized carbons (Fsp3) is 0.294. The van der Waals surface area contributed by atoms with Crippen molar-refractivity contribution in [1.29, 1.82) is 0 Å². The number of benzene rings is 2. The predicted octanol–water partition coefficient (Wildman–Crippen LogP) is 3.42. The van der Waals surface area contributed by atoms with E-state index in [0.717, 1.165) is 17.9 Å². The second kappa shape index (κ2) is 6.00. The Balaban J connectivity index is 1.76. The van der Waals surface area contributed by atoms with E-state index in [-0.39, 0.29) is 6.04 Å². The van der Waals surface area contributed by atoms with Crippen molar-refractivity contribution in [3.63, 3.8) is 0 Å². The third kappa shape index (κ3) is 2.87. The lowest BCUT2D eigenvalue weighted by Gasteiger charge is -2.16. The second-order valence-electron chi connectivity index (χ2n) is 5.13. The first-order chi connectivity index (χ1) is 10.2. The first-order valence-corrected chi connectivity index (χ1v) is 7.82. The Morgan fingerprint density at radius 1 is 1.00 bits per heavy atom. The molecule has 0 aromatic heterocycles. The molecule has 0 fully saturated rings. The van der Waals surface area contributed by atoms with Crippen LogP contribution in [0.5, 0.6) is 11.5 Å². The summed E-state index contributed by atoms with van der Waals surface area (Å²) in [6, 6.07) is 14.4. The average molecular weight is 301 g/mol. The molecule has 2 aromatic rings. The number of ether oxygens (including phenoxy) is 2. The first-order valence-electron chi connectivity index (χ1n) is 6.94. The smallest absolute Gasteiger partial charge is 0.119 e. The van der Waals surface area contributed by atoms with E-state index in [1.807, 2.05) is 30.0 Å². The van der Waals surface area contributed by atoms with E-state index >= 15 is 0 Å². The summed E-state index contributed by atoms with van der Waals surface area (Å²) in [6.45, 7) is 0. The van der Waals surface area contributed by atoms with Gasteiger partial charge in [-0.15, -0.1) is 11.8 Å². The van der Waals surface area contributed by atoms with Crippen LogP contribution in [0.3, 0.4) is 0 Å². The standard InChI is InChI=1S/C17H19NO2S/c1-19-12-5-7-14(8-6-12)21-16-9-11-3-4-13(20-2)10-15(11)17(16)18/h3-8,10,16-17H,9,18H2,1-2H3. The fourth-order valence-electron chi connectivity index (χ4n) is 2.68. The second-order valence-corrected chi connectivity index (χ2v) is 6.44. The van der Waals surface area contributed by atoms with E-state index in [1.54, 1.807) is 14.2 Å². The van der Waals surface area contributed by atoms with Crippen molar-refractivity contribution < 1.29 is 9.47 Å². The molecule has 21 heavy (non-hydrogen) atoms. The lowest BCUT2D eigenvalue weighted by Crippen LogP contribution is -2.18. The Labute approximate surface area is 129 Å². The Morgan fingerprint density at radius 3 is 2.33 bits per heavy atom. The van der Waals surface area contributed by atoms with Crippen molar-refractivity contribution in [1.82, 2.24) is 0 Å². The van der Waals surface area contributed by atoms with Crippen molar-refractivity contribution >= 4 is 11.8 Å². The van der Waals surface area contributed by atoms with Gasteiger partial charge in [-0.25, -0.2) is 0 Å². The van der Waals surface area contributed by atoms with E-state index in [4.69, 9.17) is 15.2 Å². The van der Waals surface area contributed by atoms with Gasteiger partial charge in [0.15, 0.2) is 0 Å². The van der Waals surface area contributed by atoms with Crippen molar-refractivity contribution in [2.75, 3.05) is 14.2 Å². The minimum atomic E-state index is 0.0437. The molecule has 3 rings (SSSR count). The van der Waals surface area contributed by atoms with Gasteiger partial charge in [-0.3, -0.25) is 0 Å². The fourth-order valence-corrected chi connectivity index (χ4v) is 3.88. The molecule has 0 saturated heterocycles. The summed E-state index contributed by atoms with van der Waals surface area (Å²) in [6.07, 6.45) is 0.997. The zero-order valence-corrected chi connectivity index (χ0v) is 13.0. The summed E-state index contributed by atoms with van der Waals surface area (Å²) < 4.78 is 10.5. The van der Waals surface area contributed by atoms with Gasteiger partial charge in [-0.2, -0.15) is 0 Å². The van der Waals surface area contributed by atoms with Crippen molar-refractivity contribution in [2.24, 2.45) is 5.73 Å². The number of rotatable bonds is 4. The van der Waals surface area contributed by atoms with Crippen LogP contribution in [-0.4, -0.2) is 19.5 Å². The van der Waals surface area contributed by atoms with Gasteiger partial charge in [0, 0.05) is 16.2 Å². The van der Waals surface area contributed by atoms with Gasteiger partial charge in [-0.1, -0.05) is 6.07 Å². The van der Waals surface area contributed by atoms with Crippen LogP contribution in [0.4, 0.5) is 0 Å². The molecule has 2 N–H and O–H groups in total. The van der Waals surface area contributed by atoms with E-state index in [2.05, 4.69) is 24.3 Å². The molecular formula is C17H19NO2S. The first kappa shape index (κ1) is 14.3. The maximum absolute atomic E-state index is 6.42. The lowest BCUT2D eigenvalue weighted by molar-refractivity contribution is 0.414. The molecule has 0 aliphatic heterocycles. The molecule has 2 atom stereocenters. The third-order valence-corrected chi connectivity index (χ3v) is 5.19. The van der Waals surface area contributed by atoms with Crippen LogP contribution >= 0.6 is 11.8 Å². The van der Waals surface area contributed by atoms with Crippen LogP contribution in [0.2, 0.25) is 0 Å². The molecular weight excluding hydrogens is 282 g/mol. The largest absolute Gasteiger partial charge is 0.497 e. The maximum atomic E-state index is 6.42. The summed E-state index contributed by atoms with van der Waals surface area (Å²) in [7, 11) is 3.37. The zero-order valence-electron chi connectivity index (χ0n) is 12.2.